The number of thioether (sulfide) groups is 1. The van der Waals surface area contributed by atoms with Crippen LogP contribution in [0, 0.1) is 0 Å². The molecule has 0 atom stereocenters. The molecule has 0 aliphatic heterocycles. The van der Waals surface area contributed by atoms with Crippen molar-refractivity contribution >= 4 is 29.1 Å². The molecule has 108 valence electrons. The van der Waals surface area contributed by atoms with Gasteiger partial charge in [0, 0.05) is 11.1 Å². The molecule has 0 spiro atoms. The van der Waals surface area contributed by atoms with Crippen molar-refractivity contribution in [2.75, 3.05) is 0 Å². The molecule has 3 aromatic heterocycles. The second-order valence-electron chi connectivity index (χ2n) is 3.92. The van der Waals surface area contributed by atoms with E-state index < -0.39 is 5.97 Å². The molecule has 0 aliphatic carbocycles. The first-order valence-corrected chi connectivity index (χ1v) is 7.68. The highest BCUT2D eigenvalue weighted by Gasteiger charge is 2.12. The smallest absolute Gasteiger partial charge is 0.325 e. The number of aliphatic carboxylic acids is 1. The van der Waals surface area contributed by atoms with E-state index in [0.29, 0.717) is 10.9 Å². The van der Waals surface area contributed by atoms with E-state index in [1.54, 1.807) is 6.26 Å². The van der Waals surface area contributed by atoms with Gasteiger partial charge >= 0.3 is 5.97 Å². The Bertz CT molecular complexity index is 737. The summed E-state index contributed by atoms with van der Waals surface area (Å²) < 4.78 is 6.53. The summed E-state index contributed by atoms with van der Waals surface area (Å²) in [7, 11) is 0. The monoisotopic (exact) mass is 323 g/mol. The van der Waals surface area contributed by atoms with Crippen molar-refractivity contribution in [3.8, 4) is 10.8 Å². The lowest BCUT2D eigenvalue weighted by atomic mass is 10.5. The second-order valence-corrected chi connectivity index (χ2v) is 5.72. The lowest BCUT2D eigenvalue weighted by molar-refractivity contribution is -0.138. The molecule has 0 fully saturated rings. The fraction of sp³-hybridized carbons (Fsp3) is 0.182. The van der Waals surface area contributed by atoms with Crippen LogP contribution in [-0.4, -0.2) is 36.3 Å². The van der Waals surface area contributed by atoms with Crippen molar-refractivity contribution < 1.29 is 14.3 Å². The number of carboxylic acid groups (broad SMARTS) is 1. The summed E-state index contributed by atoms with van der Waals surface area (Å²) in [5.41, 5.74) is 0.862. The van der Waals surface area contributed by atoms with Gasteiger partial charge in [0.1, 0.15) is 6.54 Å². The maximum absolute atomic E-state index is 10.7. The Labute approximate surface area is 126 Å². The predicted octanol–water partition coefficient (Wildman–Crippen LogP) is 1.77. The number of rotatable bonds is 6. The van der Waals surface area contributed by atoms with Crippen molar-refractivity contribution in [2.24, 2.45) is 0 Å². The minimum absolute atomic E-state index is 0.260. The summed E-state index contributed by atoms with van der Waals surface area (Å²) in [6.45, 7) is -0.260. The number of aromatic nitrogens is 5. The maximum atomic E-state index is 10.7. The van der Waals surface area contributed by atoms with Crippen LogP contribution in [0.15, 0.2) is 33.3 Å². The number of carbonyl (C=O) groups is 1. The molecule has 0 amide bonds. The topological polar surface area (TPSA) is 107 Å². The Morgan fingerprint density at radius 2 is 2.43 bits per heavy atom. The molecule has 3 aromatic rings. The van der Waals surface area contributed by atoms with Gasteiger partial charge in [0.05, 0.1) is 12.0 Å². The van der Waals surface area contributed by atoms with Crippen molar-refractivity contribution in [2.45, 2.75) is 17.5 Å². The molecule has 0 saturated carbocycles. The number of hydrogen-bond acceptors (Lipinski definition) is 8. The summed E-state index contributed by atoms with van der Waals surface area (Å²) >= 11 is 2.83. The summed E-state index contributed by atoms with van der Waals surface area (Å²) in [6, 6.07) is 3.66. The van der Waals surface area contributed by atoms with E-state index in [1.165, 1.54) is 27.8 Å². The van der Waals surface area contributed by atoms with Crippen LogP contribution in [0.25, 0.3) is 10.8 Å². The van der Waals surface area contributed by atoms with Crippen molar-refractivity contribution in [3.63, 3.8) is 0 Å². The van der Waals surface area contributed by atoms with E-state index in [9.17, 15) is 4.79 Å². The number of furan rings is 1. The first kappa shape index (κ1) is 13.8. The molecule has 8 nitrogen and oxygen atoms in total. The standard InChI is InChI=1S/C11H9N5O3S2/c17-9(18)4-16-11(13-14-15-16)21-6-7-5-20-10(12-7)8-2-1-3-19-8/h1-3,5H,4,6H2,(H,17,18). The molecule has 3 heterocycles. The van der Waals surface area contributed by atoms with Gasteiger partial charge in [0.2, 0.25) is 5.16 Å². The summed E-state index contributed by atoms with van der Waals surface area (Å²) in [4.78, 5) is 15.1. The Morgan fingerprint density at radius 1 is 1.52 bits per heavy atom. The predicted molar refractivity (Wildman–Crippen MR) is 74.8 cm³/mol. The van der Waals surface area contributed by atoms with E-state index >= 15 is 0 Å². The largest absolute Gasteiger partial charge is 0.480 e. The van der Waals surface area contributed by atoms with Gasteiger partial charge < -0.3 is 9.52 Å². The van der Waals surface area contributed by atoms with E-state index in [2.05, 4.69) is 20.5 Å². The number of thiazole rings is 1. The summed E-state index contributed by atoms with van der Waals surface area (Å²) in [5.74, 6) is 0.293. The summed E-state index contributed by atoms with van der Waals surface area (Å²) in [5, 5.41) is 22.9. The van der Waals surface area contributed by atoms with Crippen LogP contribution in [0.1, 0.15) is 5.69 Å². The Balaban J connectivity index is 1.66. The van der Waals surface area contributed by atoms with Gasteiger partial charge in [-0.25, -0.2) is 9.67 Å². The SMILES string of the molecule is O=C(O)Cn1nnnc1SCc1csc(-c2ccco2)n1. The zero-order chi connectivity index (χ0) is 14.7. The van der Waals surface area contributed by atoms with Crippen LogP contribution >= 0.6 is 23.1 Å². The zero-order valence-corrected chi connectivity index (χ0v) is 12.2. The first-order chi connectivity index (χ1) is 10.2. The lowest BCUT2D eigenvalue weighted by Crippen LogP contribution is -2.11. The Morgan fingerprint density at radius 3 is 3.19 bits per heavy atom. The second kappa shape index (κ2) is 6.06. The highest BCUT2D eigenvalue weighted by Crippen LogP contribution is 2.27. The molecule has 10 heteroatoms. The number of carboxylic acids is 1. The Kier molecular flexibility index (Phi) is 3.97. The van der Waals surface area contributed by atoms with E-state index in [4.69, 9.17) is 9.52 Å². The molecule has 0 bridgehead atoms. The van der Waals surface area contributed by atoms with E-state index in [1.807, 2.05) is 17.5 Å². The maximum Gasteiger partial charge on any atom is 0.325 e. The third kappa shape index (κ3) is 3.28. The highest BCUT2D eigenvalue weighted by molar-refractivity contribution is 7.98. The van der Waals surface area contributed by atoms with Crippen LogP contribution in [0.3, 0.4) is 0 Å². The number of hydrogen-bond donors (Lipinski definition) is 1. The lowest BCUT2D eigenvalue weighted by Gasteiger charge is -1.99. The van der Waals surface area contributed by atoms with Gasteiger partial charge in [-0.05, 0) is 22.6 Å². The third-order valence-corrected chi connectivity index (χ3v) is 4.31. The van der Waals surface area contributed by atoms with Crippen molar-refractivity contribution in [3.05, 3.63) is 29.5 Å². The quantitative estimate of drug-likeness (QED) is 0.684. The molecule has 0 aliphatic rings. The van der Waals surface area contributed by atoms with Gasteiger partial charge in [-0.3, -0.25) is 4.79 Å². The molecular weight excluding hydrogens is 314 g/mol. The van der Waals surface area contributed by atoms with Crippen LogP contribution in [0.4, 0.5) is 0 Å². The average Bonchev–Trinajstić information content (AvgIpc) is 3.17. The van der Waals surface area contributed by atoms with Gasteiger partial charge in [0.25, 0.3) is 0 Å². The average molecular weight is 323 g/mol. The Hall–Kier alpha value is -2.20. The highest BCUT2D eigenvalue weighted by atomic mass is 32.2. The van der Waals surface area contributed by atoms with Crippen LogP contribution < -0.4 is 0 Å². The minimum atomic E-state index is -0.988. The van der Waals surface area contributed by atoms with E-state index in [-0.39, 0.29) is 6.54 Å². The van der Waals surface area contributed by atoms with Gasteiger partial charge in [0.15, 0.2) is 10.8 Å². The van der Waals surface area contributed by atoms with Crippen LogP contribution in [0.2, 0.25) is 0 Å². The summed E-state index contributed by atoms with van der Waals surface area (Å²) in [6.07, 6.45) is 1.60. The molecule has 1 N–H and O–H groups in total. The van der Waals surface area contributed by atoms with Crippen LogP contribution in [0.5, 0.6) is 0 Å². The van der Waals surface area contributed by atoms with Crippen LogP contribution in [-0.2, 0) is 17.1 Å². The molecular formula is C11H9N5O3S2. The molecule has 0 saturated heterocycles. The normalized spacial score (nSPS) is 10.9. The molecule has 0 radical (unpaired) electrons. The third-order valence-electron chi connectivity index (χ3n) is 2.42. The minimum Gasteiger partial charge on any atom is -0.480 e. The van der Waals surface area contributed by atoms with E-state index in [0.717, 1.165) is 16.5 Å². The van der Waals surface area contributed by atoms with Gasteiger partial charge in [-0.2, -0.15) is 0 Å². The zero-order valence-electron chi connectivity index (χ0n) is 10.5. The van der Waals surface area contributed by atoms with Gasteiger partial charge in [-0.15, -0.1) is 16.4 Å². The fourth-order valence-electron chi connectivity index (χ4n) is 1.55. The number of tetrazole rings is 1. The molecule has 0 aromatic carbocycles. The number of nitrogens with zero attached hydrogens (tertiary/aromatic N) is 5. The molecule has 0 unspecified atom stereocenters. The van der Waals surface area contributed by atoms with Crippen molar-refractivity contribution in [1.29, 1.82) is 0 Å². The molecule has 3 rings (SSSR count). The van der Waals surface area contributed by atoms with Gasteiger partial charge in [-0.1, -0.05) is 11.8 Å². The molecule has 21 heavy (non-hydrogen) atoms. The fourth-order valence-corrected chi connectivity index (χ4v) is 3.21. The van der Waals surface area contributed by atoms with Crippen molar-refractivity contribution in [1.82, 2.24) is 25.2 Å². The first-order valence-electron chi connectivity index (χ1n) is 5.81.